The molecule has 0 amide bonds. The zero-order valence-corrected chi connectivity index (χ0v) is 7.92. The van der Waals surface area contributed by atoms with Crippen LogP contribution in [0.2, 0.25) is 0 Å². The van der Waals surface area contributed by atoms with E-state index in [4.69, 9.17) is 4.74 Å². The average Bonchev–Trinajstić information content (AvgIpc) is 2.80. The predicted molar refractivity (Wildman–Crippen MR) is 49.7 cm³/mol. The minimum atomic E-state index is 0.0771. The number of hydrogen-bond donors (Lipinski definition) is 0. The van der Waals surface area contributed by atoms with Gasteiger partial charge in [-0.2, -0.15) is 0 Å². The molecule has 0 aliphatic carbocycles. The Morgan fingerprint density at radius 2 is 2.58 bits per heavy atom. The van der Waals surface area contributed by atoms with E-state index >= 15 is 0 Å². The molecule has 0 aromatic carbocycles. The van der Waals surface area contributed by atoms with E-state index in [0.29, 0.717) is 12.0 Å². The maximum Gasteiger partial charge on any atom is 0.130 e. The number of epoxide rings is 1. The molecule has 2 heterocycles. The van der Waals surface area contributed by atoms with Crippen molar-refractivity contribution in [2.24, 2.45) is 10.9 Å². The molecule has 2 aliphatic heterocycles. The van der Waals surface area contributed by atoms with Crippen LogP contribution < -0.4 is 0 Å². The van der Waals surface area contributed by atoms with Gasteiger partial charge in [-0.15, -0.1) is 0 Å². The van der Waals surface area contributed by atoms with Crippen LogP contribution in [0, 0.1) is 5.92 Å². The van der Waals surface area contributed by atoms with Crippen LogP contribution in [0.1, 0.15) is 33.1 Å². The first-order chi connectivity index (χ1) is 5.78. The van der Waals surface area contributed by atoms with E-state index in [2.05, 4.69) is 18.8 Å². The monoisotopic (exact) mass is 167 g/mol. The summed E-state index contributed by atoms with van der Waals surface area (Å²) < 4.78 is 5.75. The first-order valence-corrected chi connectivity index (χ1v) is 4.97. The number of nitrogens with zero attached hydrogens (tertiary/aromatic N) is 1. The highest BCUT2D eigenvalue weighted by molar-refractivity contribution is 5.74. The summed E-state index contributed by atoms with van der Waals surface area (Å²) in [6.07, 6.45) is 6.11. The Balaban J connectivity index is 1.99. The average molecular weight is 167 g/mol. The van der Waals surface area contributed by atoms with Crippen molar-refractivity contribution < 1.29 is 4.74 Å². The Bertz CT molecular complexity index is 202. The molecule has 12 heavy (non-hydrogen) atoms. The second-order valence-electron chi connectivity index (χ2n) is 4.02. The maximum atomic E-state index is 5.75. The molecule has 0 saturated carbocycles. The molecular formula is C10H17NO. The molecular weight excluding hydrogens is 150 g/mol. The van der Waals surface area contributed by atoms with Crippen molar-refractivity contribution in [3.63, 3.8) is 0 Å². The minimum absolute atomic E-state index is 0.0771. The first-order valence-electron chi connectivity index (χ1n) is 4.97. The zero-order chi connectivity index (χ0) is 8.60. The van der Waals surface area contributed by atoms with Crippen LogP contribution in [-0.2, 0) is 4.74 Å². The van der Waals surface area contributed by atoms with Crippen LogP contribution in [0.15, 0.2) is 4.99 Å². The van der Waals surface area contributed by atoms with Crippen LogP contribution in [0.4, 0.5) is 0 Å². The lowest BCUT2D eigenvalue weighted by Gasteiger charge is -2.13. The fraction of sp³-hybridized carbons (Fsp3) is 0.900. The van der Waals surface area contributed by atoms with Gasteiger partial charge in [0.05, 0.1) is 6.10 Å². The predicted octanol–water partition coefficient (Wildman–Crippen LogP) is 2.03. The van der Waals surface area contributed by atoms with Gasteiger partial charge in [0.25, 0.3) is 0 Å². The Hall–Kier alpha value is -0.370. The smallest absolute Gasteiger partial charge is 0.130 e. The first kappa shape index (κ1) is 8.24. The van der Waals surface area contributed by atoms with Gasteiger partial charge in [-0.25, -0.2) is 0 Å². The summed E-state index contributed by atoms with van der Waals surface area (Å²) in [4.78, 5) is 4.31. The van der Waals surface area contributed by atoms with Crippen LogP contribution in [0.5, 0.6) is 0 Å². The summed E-state index contributed by atoms with van der Waals surface area (Å²) in [5.74, 6) is 0.689. The van der Waals surface area contributed by atoms with E-state index in [1.807, 2.05) is 6.21 Å². The lowest BCUT2D eigenvalue weighted by molar-refractivity contribution is 0.299. The van der Waals surface area contributed by atoms with Gasteiger partial charge in [-0.05, 0) is 18.8 Å². The highest BCUT2D eigenvalue weighted by atomic mass is 16.6. The molecule has 1 fully saturated rings. The van der Waals surface area contributed by atoms with E-state index < -0.39 is 0 Å². The molecule has 2 rings (SSSR count). The van der Waals surface area contributed by atoms with Crippen LogP contribution >= 0.6 is 0 Å². The van der Waals surface area contributed by atoms with Gasteiger partial charge >= 0.3 is 0 Å². The van der Waals surface area contributed by atoms with E-state index in [1.54, 1.807) is 0 Å². The Labute approximate surface area is 74.0 Å². The lowest BCUT2D eigenvalue weighted by Crippen LogP contribution is -2.24. The Morgan fingerprint density at radius 1 is 1.75 bits per heavy atom. The fourth-order valence-electron chi connectivity index (χ4n) is 2.05. The number of hydrogen-bond acceptors (Lipinski definition) is 2. The van der Waals surface area contributed by atoms with Crippen molar-refractivity contribution in [1.82, 2.24) is 0 Å². The third-order valence-electron chi connectivity index (χ3n) is 3.10. The second kappa shape index (κ2) is 2.84. The van der Waals surface area contributed by atoms with Gasteiger partial charge in [-0.1, -0.05) is 20.3 Å². The fourth-order valence-corrected chi connectivity index (χ4v) is 2.05. The molecule has 3 atom stereocenters. The lowest BCUT2D eigenvalue weighted by atomic mass is 9.90. The molecule has 2 aliphatic rings. The third-order valence-corrected chi connectivity index (χ3v) is 3.10. The van der Waals surface area contributed by atoms with Crippen molar-refractivity contribution in [1.29, 1.82) is 0 Å². The summed E-state index contributed by atoms with van der Waals surface area (Å²) in [5, 5.41) is 0. The van der Waals surface area contributed by atoms with E-state index in [0.717, 1.165) is 6.54 Å². The van der Waals surface area contributed by atoms with Crippen molar-refractivity contribution >= 4 is 6.21 Å². The SMILES string of the molecule is CC[C@H](C)[C@H]1O[C@]12C=NCCC2. The maximum absolute atomic E-state index is 5.75. The van der Waals surface area contributed by atoms with E-state index in [9.17, 15) is 0 Å². The summed E-state index contributed by atoms with van der Waals surface area (Å²) in [5.41, 5.74) is 0.0771. The minimum Gasteiger partial charge on any atom is -0.360 e. The van der Waals surface area contributed by atoms with Gasteiger partial charge in [0.2, 0.25) is 0 Å². The third kappa shape index (κ3) is 1.18. The topological polar surface area (TPSA) is 24.9 Å². The van der Waals surface area contributed by atoms with Gasteiger partial charge < -0.3 is 4.74 Å². The van der Waals surface area contributed by atoms with Crippen molar-refractivity contribution in [2.75, 3.05) is 6.54 Å². The molecule has 0 radical (unpaired) electrons. The summed E-state index contributed by atoms with van der Waals surface area (Å²) in [6.45, 7) is 5.49. The normalized spacial score (nSPS) is 41.7. The van der Waals surface area contributed by atoms with Crippen molar-refractivity contribution in [3.8, 4) is 0 Å². The molecule has 2 heteroatoms. The van der Waals surface area contributed by atoms with Crippen molar-refractivity contribution in [2.45, 2.75) is 44.8 Å². The molecule has 0 aromatic rings. The molecule has 1 spiro atoms. The molecule has 2 nitrogen and oxygen atoms in total. The Kier molecular flexibility index (Phi) is 1.95. The molecule has 0 bridgehead atoms. The zero-order valence-electron chi connectivity index (χ0n) is 7.92. The van der Waals surface area contributed by atoms with Gasteiger partial charge in [0, 0.05) is 12.8 Å². The number of ether oxygens (including phenoxy) is 1. The quantitative estimate of drug-likeness (QED) is 0.578. The molecule has 68 valence electrons. The standard InChI is InChI=1S/C10H17NO/c1-3-8(2)9-10(12-9)5-4-6-11-7-10/h7-9H,3-6H2,1-2H3/t8-,9+,10+/m0/s1. The van der Waals surface area contributed by atoms with Crippen LogP contribution in [0.3, 0.4) is 0 Å². The number of aliphatic imine (C=N–C) groups is 1. The highest BCUT2D eigenvalue weighted by Crippen LogP contribution is 2.45. The highest BCUT2D eigenvalue weighted by Gasteiger charge is 2.57. The molecule has 1 saturated heterocycles. The largest absolute Gasteiger partial charge is 0.360 e. The summed E-state index contributed by atoms with van der Waals surface area (Å²) >= 11 is 0. The van der Waals surface area contributed by atoms with Gasteiger partial charge in [0.15, 0.2) is 0 Å². The van der Waals surface area contributed by atoms with Gasteiger partial charge in [0.1, 0.15) is 5.60 Å². The van der Waals surface area contributed by atoms with Crippen LogP contribution in [0.25, 0.3) is 0 Å². The molecule has 0 aromatic heterocycles. The second-order valence-corrected chi connectivity index (χ2v) is 4.02. The summed E-state index contributed by atoms with van der Waals surface area (Å²) in [6, 6.07) is 0. The van der Waals surface area contributed by atoms with E-state index in [1.165, 1.54) is 19.3 Å². The van der Waals surface area contributed by atoms with E-state index in [-0.39, 0.29) is 5.60 Å². The molecule has 0 N–H and O–H groups in total. The Morgan fingerprint density at radius 3 is 3.17 bits per heavy atom. The van der Waals surface area contributed by atoms with Crippen molar-refractivity contribution in [3.05, 3.63) is 0 Å². The van der Waals surface area contributed by atoms with Gasteiger partial charge in [-0.3, -0.25) is 4.99 Å². The number of rotatable bonds is 2. The summed E-state index contributed by atoms with van der Waals surface area (Å²) in [7, 11) is 0. The molecule has 0 unspecified atom stereocenters. The van der Waals surface area contributed by atoms with Crippen LogP contribution in [-0.4, -0.2) is 24.5 Å².